The summed E-state index contributed by atoms with van der Waals surface area (Å²) < 4.78 is 5.44. The molecule has 34 heavy (non-hydrogen) atoms. The molecule has 2 aromatic rings. The number of benzene rings is 1. The molecule has 0 saturated heterocycles. The summed E-state index contributed by atoms with van der Waals surface area (Å²) in [6, 6.07) is 10.5. The first-order valence-corrected chi connectivity index (χ1v) is 12.4. The summed E-state index contributed by atoms with van der Waals surface area (Å²) in [5.41, 5.74) is 3.73. The van der Waals surface area contributed by atoms with Crippen LogP contribution in [0.3, 0.4) is 0 Å². The summed E-state index contributed by atoms with van der Waals surface area (Å²) in [5.74, 6) is 0.405. The molecule has 6 nitrogen and oxygen atoms in total. The number of nitrogens with one attached hydrogen (secondary N) is 1. The second kappa shape index (κ2) is 9.40. The van der Waals surface area contributed by atoms with Crippen LogP contribution in [0.5, 0.6) is 0 Å². The zero-order chi connectivity index (χ0) is 24.5. The Morgan fingerprint density at radius 3 is 2.65 bits per heavy atom. The minimum atomic E-state index is -0.538. The quantitative estimate of drug-likeness (QED) is 0.663. The molecule has 1 aromatic carbocycles. The third-order valence-electron chi connectivity index (χ3n) is 7.30. The maximum atomic E-state index is 14.0. The van der Waals surface area contributed by atoms with E-state index in [4.69, 9.17) is 4.74 Å². The average molecular weight is 464 g/mol. The number of fused-ring (bicyclic) bond motifs is 1. The van der Waals surface area contributed by atoms with Crippen molar-refractivity contribution in [3.05, 3.63) is 53.9 Å². The van der Waals surface area contributed by atoms with Gasteiger partial charge in [0, 0.05) is 31.5 Å². The first-order valence-electron chi connectivity index (χ1n) is 12.4. The second-order valence-corrected chi connectivity index (χ2v) is 11.1. The van der Waals surface area contributed by atoms with Crippen molar-refractivity contribution in [2.75, 3.05) is 6.54 Å². The molecule has 2 amide bonds. The first-order chi connectivity index (χ1) is 16.1. The van der Waals surface area contributed by atoms with Crippen LogP contribution in [0, 0.1) is 11.3 Å². The Labute approximate surface area is 203 Å². The predicted octanol–water partition coefficient (Wildman–Crippen LogP) is 5.35. The highest BCUT2D eigenvalue weighted by Gasteiger charge is 2.50. The standard InChI is InChI=1S/C28H37N3O3/c1-19(2)28(12-10-24(16-28)30-26(33)34-27(3,4)5)25(32)31-14-11-20-8-9-21(15-23(20)18-31)22-7-6-13-29-17-22/h6-9,13,15,17,19,24H,10-12,14,16,18H2,1-5H3,(H,30,33)/t24-,28+/m1/s1. The predicted molar refractivity (Wildman–Crippen MR) is 133 cm³/mol. The van der Waals surface area contributed by atoms with Gasteiger partial charge < -0.3 is 15.0 Å². The number of alkyl carbamates (subject to hydrolysis) is 1. The zero-order valence-corrected chi connectivity index (χ0v) is 21.1. The number of rotatable bonds is 4. The van der Waals surface area contributed by atoms with E-state index in [0.29, 0.717) is 13.0 Å². The highest BCUT2D eigenvalue weighted by molar-refractivity contribution is 5.84. The molecule has 0 unspecified atom stereocenters. The lowest BCUT2D eigenvalue weighted by Crippen LogP contribution is -2.48. The number of pyridine rings is 1. The maximum absolute atomic E-state index is 14.0. The van der Waals surface area contributed by atoms with E-state index in [1.807, 2.05) is 37.9 Å². The summed E-state index contributed by atoms with van der Waals surface area (Å²) in [7, 11) is 0. The van der Waals surface area contributed by atoms with Gasteiger partial charge in [0.15, 0.2) is 0 Å². The van der Waals surface area contributed by atoms with Crippen LogP contribution >= 0.6 is 0 Å². The Balaban J connectivity index is 1.49. The SMILES string of the molecule is CC(C)[C@]1(C(=O)N2CCc3ccc(-c4cccnc4)cc3C2)CC[C@@H](NC(=O)OC(C)(C)C)C1. The van der Waals surface area contributed by atoms with Crippen molar-refractivity contribution in [2.45, 2.75) is 78.5 Å². The fourth-order valence-corrected chi connectivity index (χ4v) is 5.40. The molecule has 0 radical (unpaired) electrons. The molecule has 1 aliphatic heterocycles. The van der Waals surface area contributed by atoms with Gasteiger partial charge in [-0.25, -0.2) is 4.79 Å². The van der Waals surface area contributed by atoms with Crippen LogP contribution in [0.1, 0.15) is 65.0 Å². The smallest absolute Gasteiger partial charge is 0.407 e. The van der Waals surface area contributed by atoms with E-state index >= 15 is 0 Å². The lowest BCUT2D eigenvalue weighted by atomic mass is 9.74. The highest BCUT2D eigenvalue weighted by atomic mass is 16.6. The number of ether oxygens (including phenoxy) is 1. The molecule has 2 atom stereocenters. The average Bonchev–Trinajstić information content (AvgIpc) is 3.22. The summed E-state index contributed by atoms with van der Waals surface area (Å²) >= 11 is 0. The second-order valence-electron chi connectivity index (χ2n) is 11.1. The van der Waals surface area contributed by atoms with Gasteiger partial charge >= 0.3 is 6.09 Å². The van der Waals surface area contributed by atoms with E-state index in [2.05, 4.69) is 48.4 Å². The first kappa shape index (κ1) is 24.2. The number of nitrogens with zero attached hydrogens (tertiary/aromatic N) is 2. The van der Waals surface area contributed by atoms with E-state index in [9.17, 15) is 9.59 Å². The van der Waals surface area contributed by atoms with Crippen LogP contribution in [-0.2, 0) is 22.5 Å². The Morgan fingerprint density at radius 1 is 1.18 bits per heavy atom. The van der Waals surface area contributed by atoms with E-state index < -0.39 is 17.1 Å². The summed E-state index contributed by atoms with van der Waals surface area (Å²) in [6.45, 7) is 11.2. The number of aromatic nitrogens is 1. The Hall–Kier alpha value is -2.89. The summed E-state index contributed by atoms with van der Waals surface area (Å²) in [4.78, 5) is 32.6. The lowest BCUT2D eigenvalue weighted by molar-refractivity contribution is -0.145. The largest absolute Gasteiger partial charge is 0.444 e. The van der Waals surface area contributed by atoms with Gasteiger partial charge in [0.1, 0.15) is 5.60 Å². The van der Waals surface area contributed by atoms with Crippen molar-refractivity contribution >= 4 is 12.0 Å². The Kier molecular flexibility index (Phi) is 6.70. The van der Waals surface area contributed by atoms with Crippen molar-refractivity contribution in [1.29, 1.82) is 0 Å². The molecule has 0 spiro atoms. The van der Waals surface area contributed by atoms with Crippen LogP contribution in [0.15, 0.2) is 42.7 Å². The van der Waals surface area contributed by atoms with E-state index in [1.54, 1.807) is 6.20 Å². The van der Waals surface area contributed by atoms with Gasteiger partial charge in [0.2, 0.25) is 5.91 Å². The molecule has 1 saturated carbocycles. The highest BCUT2D eigenvalue weighted by Crippen LogP contribution is 2.46. The van der Waals surface area contributed by atoms with Gasteiger partial charge in [-0.05, 0) is 86.8 Å². The van der Waals surface area contributed by atoms with Gasteiger partial charge in [-0.1, -0.05) is 32.0 Å². The van der Waals surface area contributed by atoms with Crippen molar-refractivity contribution < 1.29 is 14.3 Å². The van der Waals surface area contributed by atoms with Crippen molar-refractivity contribution in [3.63, 3.8) is 0 Å². The van der Waals surface area contributed by atoms with E-state index in [0.717, 1.165) is 36.9 Å². The molecule has 1 N–H and O–H groups in total. The summed E-state index contributed by atoms with van der Waals surface area (Å²) in [6.07, 6.45) is 6.34. The molecule has 2 aliphatic rings. The van der Waals surface area contributed by atoms with E-state index in [-0.39, 0.29) is 17.9 Å². The van der Waals surface area contributed by atoms with Gasteiger partial charge in [-0.2, -0.15) is 0 Å². The lowest BCUT2D eigenvalue weighted by Gasteiger charge is -2.39. The molecule has 4 rings (SSSR count). The minimum Gasteiger partial charge on any atom is -0.444 e. The van der Waals surface area contributed by atoms with Crippen LogP contribution in [-0.4, -0.2) is 40.1 Å². The van der Waals surface area contributed by atoms with Crippen molar-refractivity contribution in [1.82, 2.24) is 15.2 Å². The molecular formula is C28H37N3O3. The number of carbonyl (C=O) groups is 2. The van der Waals surface area contributed by atoms with Gasteiger partial charge in [0.25, 0.3) is 0 Å². The number of hydrogen-bond acceptors (Lipinski definition) is 4. The fraction of sp³-hybridized carbons (Fsp3) is 0.536. The Bertz CT molecular complexity index is 1040. The Morgan fingerprint density at radius 2 is 1.97 bits per heavy atom. The number of carbonyl (C=O) groups excluding carboxylic acids is 2. The monoisotopic (exact) mass is 463 g/mol. The molecule has 2 heterocycles. The van der Waals surface area contributed by atoms with Crippen LogP contribution in [0.25, 0.3) is 11.1 Å². The minimum absolute atomic E-state index is 0.0459. The fourth-order valence-electron chi connectivity index (χ4n) is 5.40. The zero-order valence-electron chi connectivity index (χ0n) is 21.1. The van der Waals surface area contributed by atoms with E-state index in [1.165, 1.54) is 11.1 Å². The van der Waals surface area contributed by atoms with Gasteiger partial charge in [0.05, 0.1) is 5.41 Å². The molecule has 182 valence electrons. The molecule has 0 bridgehead atoms. The summed E-state index contributed by atoms with van der Waals surface area (Å²) in [5, 5.41) is 3.01. The molecule has 1 fully saturated rings. The molecule has 1 aromatic heterocycles. The third-order valence-corrected chi connectivity index (χ3v) is 7.30. The van der Waals surface area contributed by atoms with Crippen LogP contribution in [0.4, 0.5) is 4.79 Å². The molecular weight excluding hydrogens is 426 g/mol. The van der Waals surface area contributed by atoms with Crippen molar-refractivity contribution in [3.8, 4) is 11.1 Å². The number of hydrogen-bond donors (Lipinski definition) is 1. The third kappa shape index (κ3) is 5.11. The van der Waals surface area contributed by atoms with Gasteiger partial charge in [-0.3, -0.25) is 9.78 Å². The van der Waals surface area contributed by atoms with Crippen LogP contribution in [0.2, 0.25) is 0 Å². The normalized spacial score (nSPS) is 22.4. The van der Waals surface area contributed by atoms with Gasteiger partial charge in [-0.15, -0.1) is 0 Å². The number of amides is 2. The topological polar surface area (TPSA) is 71.5 Å². The van der Waals surface area contributed by atoms with Crippen LogP contribution < -0.4 is 5.32 Å². The molecule has 6 heteroatoms. The molecule has 1 aliphatic carbocycles. The maximum Gasteiger partial charge on any atom is 0.407 e. The van der Waals surface area contributed by atoms with Crippen molar-refractivity contribution in [2.24, 2.45) is 11.3 Å².